The van der Waals surface area contributed by atoms with E-state index in [1.54, 1.807) is 11.3 Å². The fourth-order valence-electron chi connectivity index (χ4n) is 2.24. The van der Waals surface area contributed by atoms with Crippen LogP contribution in [0, 0.1) is 0 Å². The molecule has 2 N–H and O–H groups in total. The van der Waals surface area contributed by atoms with E-state index in [-0.39, 0.29) is 6.04 Å². The lowest BCUT2D eigenvalue weighted by Gasteiger charge is -2.24. The Balaban J connectivity index is 1.85. The summed E-state index contributed by atoms with van der Waals surface area (Å²) in [6.45, 7) is 2.96. The summed E-state index contributed by atoms with van der Waals surface area (Å²) in [6.07, 6.45) is 4.42. The van der Waals surface area contributed by atoms with Crippen LogP contribution in [0.2, 0.25) is 0 Å². The van der Waals surface area contributed by atoms with Gasteiger partial charge in [0.25, 0.3) is 0 Å². The number of nitrogens with zero attached hydrogens (tertiary/aromatic N) is 2. The van der Waals surface area contributed by atoms with Crippen LogP contribution in [-0.2, 0) is 6.54 Å². The maximum atomic E-state index is 5.97. The van der Waals surface area contributed by atoms with Gasteiger partial charge in [-0.1, -0.05) is 0 Å². The summed E-state index contributed by atoms with van der Waals surface area (Å²) >= 11 is 1.75. The summed E-state index contributed by atoms with van der Waals surface area (Å²) in [6, 6.07) is 7.04. The molecule has 0 unspecified atom stereocenters. The zero-order chi connectivity index (χ0) is 13.2. The third-order valence-corrected chi connectivity index (χ3v) is 4.24. The highest BCUT2D eigenvalue weighted by Crippen LogP contribution is 2.33. The van der Waals surface area contributed by atoms with Crippen molar-refractivity contribution in [3.63, 3.8) is 0 Å². The molecule has 0 bridgehead atoms. The van der Waals surface area contributed by atoms with E-state index in [4.69, 9.17) is 5.73 Å². The Morgan fingerprint density at radius 2 is 2.32 bits per heavy atom. The first kappa shape index (κ1) is 12.6. The topological polar surface area (TPSA) is 42.1 Å². The maximum absolute atomic E-state index is 5.97. The monoisotopic (exact) mass is 273 g/mol. The Labute approximate surface area is 118 Å². The summed E-state index contributed by atoms with van der Waals surface area (Å²) in [4.78, 5) is 6.95. The quantitative estimate of drug-likeness (QED) is 0.908. The molecule has 3 nitrogen and oxygen atoms in total. The molecule has 2 aromatic rings. The number of hydrogen-bond donors (Lipinski definition) is 1. The van der Waals surface area contributed by atoms with Crippen LogP contribution in [0.25, 0.3) is 0 Å². The fraction of sp³-hybridized carbons (Fsp3) is 0.400. The van der Waals surface area contributed by atoms with E-state index in [2.05, 4.69) is 32.8 Å². The SMILES string of the molecule is C[C@@H](N)c1ccnc(N(Cc2ccsc2)C2CC2)c1. The van der Waals surface area contributed by atoms with Gasteiger partial charge in [-0.2, -0.15) is 11.3 Å². The molecule has 1 saturated carbocycles. The van der Waals surface area contributed by atoms with Crippen LogP contribution in [0.5, 0.6) is 0 Å². The molecular formula is C15H19N3S. The molecule has 3 rings (SSSR count). The second-order valence-electron chi connectivity index (χ2n) is 5.23. The van der Waals surface area contributed by atoms with Gasteiger partial charge in [0.15, 0.2) is 0 Å². The number of pyridine rings is 1. The summed E-state index contributed by atoms with van der Waals surface area (Å²) in [5.74, 6) is 1.06. The molecule has 0 saturated heterocycles. The van der Waals surface area contributed by atoms with Crippen molar-refractivity contribution < 1.29 is 0 Å². The predicted octanol–water partition coefficient (Wildman–Crippen LogP) is 3.33. The van der Waals surface area contributed by atoms with Gasteiger partial charge in [-0.05, 0) is 59.9 Å². The van der Waals surface area contributed by atoms with Gasteiger partial charge >= 0.3 is 0 Å². The molecular weight excluding hydrogens is 254 g/mol. The zero-order valence-corrected chi connectivity index (χ0v) is 11.9. The lowest BCUT2D eigenvalue weighted by Crippen LogP contribution is -2.26. The molecule has 0 spiro atoms. The molecule has 0 radical (unpaired) electrons. The van der Waals surface area contributed by atoms with Crippen molar-refractivity contribution in [2.24, 2.45) is 5.73 Å². The number of aromatic nitrogens is 1. The molecule has 2 heterocycles. The first-order chi connectivity index (χ1) is 9.24. The third kappa shape index (κ3) is 2.96. The standard InChI is InChI=1S/C15H19N3S/c1-11(16)13-4-6-17-15(8-13)18(14-2-3-14)9-12-5-7-19-10-12/h4-8,10-11,14H,2-3,9,16H2,1H3/t11-/m1/s1. The van der Waals surface area contributed by atoms with Gasteiger partial charge in [-0.25, -0.2) is 4.98 Å². The maximum Gasteiger partial charge on any atom is 0.129 e. The normalized spacial score (nSPS) is 16.3. The van der Waals surface area contributed by atoms with Crippen molar-refractivity contribution in [3.05, 3.63) is 46.3 Å². The average Bonchev–Trinajstić information content (AvgIpc) is 3.13. The van der Waals surface area contributed by atoms with Crippen LogP contribution in [-0.4, -0.2) is 11.0 Å². The van der Waals surface area contributed by atoms with Gasteiger partial charge in [0.1, 0.15) is 5.82 Å². The van der Waals surface area contributed by atoms with Crippen LogP contribution in [0.1, 0.15) is 36.9 Å². The van der Waals surface area contributed by atoms with Crippen molar-refractivity contribution >= 4 is 17.2 Å². The highest BCUT2D eigenvalue weighted by Gasteiger charge is 2.30. The van der Waals surface area contributed by atoms with Crippen molar-refractivity contribution in [2.75, 3.05) is 4.90 Å². The van der Waals surface area contributed by atoms with E-state index in [1.807, 2.05) is 19.2 Å². The van der Waals surface area contributed by atoms with Gasteiger partial charge in [-0.3, -0.25) is 0 Å². The van der Waals surface area contributed by atoms with E-state index in [1.165, 1.54) is 18.4 Å². The Morgan fingerprint density at radius 3 is 2.95 bits per heavy atom. The van der Waals surface area contributed by atoms with E-state index in [0.29, 0.717) is 6.04 Å². The molecule has 1 aliphatic carbocycles. The first-order valence-corrected chi connectivity index (χ1v) is 7.67. The van der Waals surface area contributed by atoms with E-state index in [0.717, 1.165) is 17.9 Å². The molecule has 1 aliphatic rings. The molecule has 2 aromatic heterocycles. The summed E-state index contributed by atoms with van der Waals surface area (Å²) in [5.41, 5.74) is 8.49. The molecule has 0 aliphatic heterocycles. The number of anilines is 1. The highest BCUT2D eigenvalue weighted by atomic mass is 32.1. The Kier molecular flexibility index (Phi) is 3.53. The van der Waals surface area contributed by atoms with Crippen LogP contribution < -0.4 is 10.6 Å². The van der Waals surface area contributed by atoms with Crippen molar-refractivity contribution in [3.8, 4) is 0 Å². The minimum absolute atomic E-state index is 0.0592. The van der Waals surface area contributed by atoms with E-state index in [9.17, 15) is 0 Å². The van der Waals surface area contributed by atoms with Crippen LogP contribution >= 0.6 is 11.3 Å². The largest absolute Gasteiger partial charge is 0.349 e. The predicted molar refractivity (Wildman–Crippen MR) is 80.4 cm³/mol. The van der Waals surface area contributed by atoms with Gasteiger partial charge in [0.05, 0.1) is 0 Å². The third-order valence-electron chi connectivity index (χ3n) is 3.51. The highest BCUT2D eigenvalue weighted by molar-refractivity contribution is 7.07. The van der Waals surface area contributed by atoms with Gasteiger partial charge in [0.2, 0.25) is 0 Å². The number of nitrogens with two attached hydrogens (primary N) is 1. The van der Waals surface area contributed by atoms with Crippen molar-refractivity contribution in [1.29, 1.82) is 0 Å². The second kappa shape index (κ2) is 5.31. The zero-order valence-electron chi connectivity index (χ0n) is 11.1. The number of rotatable bonds is 5. The fourth-order valence-corrected chi connectivity index (χ4v) is 2.90. The number of hydrogen-bond acceptors (Lipinski definition) is 4. The molecule has 4 heteroatoms. The van der Waals surface area contributed by atoms with Gasteiger partial charge < -0.3 is 10.6 Å². The molecule has 100 valence electrons. The van der Waals surface area contributed by atoms with Crippen molar-refractivity contribution in [2.45, 2.75) is 38.4 Å². The average molecular weight is 273 g/mol. The first-order valence-electron chi connectivity index (χ1n) is 6.73. The lowest BCUT2D eigenvalue weighted by molar-refractivity contribution is 0.768. The molecule has 1 fully saturated rings. The smallest absolute Gasteiger partial charge is 0.129 e. The molecule has 19 heavy (non-hydrogen) atoms. The Bertz CT molecular complexity index is 532. The van der Waals surface area contributed by atoms with Crippen LogP contribution in [0.3, 0.4) is 0 Å². The van der Waals surface area contributed by atoms with Gasteiger partial charge in [0, 0.05) is 24.8 Å². The van der Waals surface area contributed by atoms with Crippen molar-refractivity contribution in [1.82, 2.24) is 4.98 Å². The van der Waals surface area contributed by atoms with Crippen LogP contribution in [0.4, 0.5) is 5.82 Å². The van der Waals surface area contributed by atoms with Gasteiger partial charge in [-0.15, -0.1) is 0 Å². The van der Waals surface area contributed by atoms with Crippen LogP contribution in [0.15, 0.2) is 35.2 Å². The minimum atomic E-state index is 0.0592. The lowest BCUT2D eigenvalue weighted by atomic mass is 10.1. The van der Waals surface area contributed by atoms with E-state index >= 15 is 0 Å². The molecule has 0 amide bonds. The minimum Gasteiger partial charge on any atom is -0.349 e. The summed E-state index contributed by atoms with van der Waals surface area (Å²) < 4.78 is 0. The Morgan fingerprint density at radius 1 is 1.47 bits per heavy atom. The number of thiophene rings is 1. The molecule has 1 atom stereocenters. The summed E-state index contributed by atoms with van der Waals surface area (Å²) in [7, 11) is 0. The second-order valence-corrected chi connectivity index (χ2v) is 6.01. The summed E-state index contributed by atoms with van der Waals surface area (Å²) in [5, 5.41) is 4.34. The molecule has 0 aromatic carbocycles. The van der Waals surface area contributed by atoms with E-state index < -0.39 is 0 Å². The Hall–Kier alpha value is -1.39.